The molecule has 0 aromatic heterocycles. The van der Waals surface area contributed by atoms with Crippen LogP contribution in [0, 0.1) is 0 Å². The van der Waals surface area contributed by atoms with Crippen molar-refractivity contribution in [2.75, 3.05) is 18.6 Å². The molecule has 8 heteroatoms. The molecule has 1 heterocycles. The SMILES string of the molecule is CSCC[C@H]1COC(C)(C)N1C(=O)[C@@H](O)[C@@H](N=[N+]=[N-])c1ccccc1. The van der Waals surface area contributed by atoms with Gasteiger partial charge in [0, 0.05) is 4.91 Å². The molecule has 7 nitrogen and oxygen atoms in total. The maximum absolute atomic E-state index is 13.0. The molecule has 0 aliphatic carbocycles. The van der Waals surface area contributed by atoms with Gasteiger partial charge in [0.1, 0.15) is 11.8 Å². The molecule has 0 saturated carbocycles. The van der Waals surface area contributed by atoms with Crippen molar-refractivity contribution in [2.45, 2.75) is 44.2 Å². The molecule has 1 N–H and O–H groups in total. The second kappa shape index (κ2) is 8.58. The predicted octanol–water partition coefficient (Wildman–Crippen LogP) is 3.12. The van der Waals surface area contributed by atoms with E-state index in [1.165, 1.54) is 0 Å². The topological polar surface area (TPSA) is 98.5 Å². The molecule has 1 aliphatic heterocycles. The summed E-state index contributed by atoms with van der Waals surface area (Å²) >= 11 is 1.70. The molecule has 1 amide bonds. The molecule has 1 aliphatic rings. The molecular formula is C17H24N4O3S. The molecule has 0 bridgehead atoms. The number of rotatable bonds is 7. The largest absolute Gasteiger partial charge is 0.382 e. The number of nitrogens with zero attached hydrogens (tertiary/aromatic N) is 4. The van der Waals surface area contributed by atoms with Gasteiger partial charge in [-0.15, -0.1) is 0 Å². The minimum absolute atomic E-state index is 0.105. The van der Waals surface area contributed by atoms with E-state index in [1.54, 1.807) is 40.9 Å². The number of aliphatic hydroxyl groups excluding tert-OH is 1. The van der Waals surface area contributed by atoms with Crippen LogP contribution in [0.3, 0.4) is 0 Å². The molecule has 3 atom stereocenters. The summed E-state index contributed by atoms with van der Waals surface area (Å²) in [7, 11) is 0. The lowest BCUT2D eigenvalue weighted by molar-refractivity contribution is -0.156. The number of carbonyl (C=O) groups is 1. The number of benzene rings is 1. The number of amides is 1. The first-order chi connectivity index (χ1) is 11.9. The Morgan fingerprint density at radius 2 is 2.20 bits per heavy atom. The molecule has 0 unspecified atom stereocenters. The van der Waals surface area contributed by atoms with Crippen molar-refractivity contribution in [2.24, 2.45) is 5.11 Å². The van der Waals surface area contributed by atoms with Crippen molar-refractivity contribution in [3.63, 3.8) is 0 Å². The van der Waals surface area contributed by atoms with Crippen molar-refractivity contribution in [1.82, 2.24) is 4.90 Å². The van der Waals surface area contributed by atoms with E-state index < -0.39 is 23.8 Å². The zero-order valence-electron chi connectivity index (χ0n) is 14.7. The summed E-state index contributed by atoms with van der Waals surface area (Å²) in [6.45, 7) is 4.05. The van der Waals surface area contributed by atoms with Gasteiger partial charge in [-0.3, -0.25) is 4.79 Å². The van der Waals surface area contributed by atoms with E-state index in [9.17, 15) is 9.90 Å². The highest BCUT2D eigenvalue weighted by Crippen LogP contribution is 2.33. The van der Waals surface area contributed by atoms with E-state index >= 15 is 0 Å². The average molecular weight is 364 g/mol. The van der Waals surface area contributed by atoms with Gasteiger partial charge in [-0.25, -0.2) is 0 Å². The molecule has 136 valence electrons. The number of aliphatic hydroxyl groups is 1. The lowest BCUT2D eigenvalue weighted by Gasteiger charge is -2.36. The fourth-order valence-corrected chi connectivity index (χ4v) is 3.60. The van der Waals surface area contributed by atoms with Gasteiger partial charge in [0.25, 0.3) is 5.91 Å². The third-order valence-electron chi connectivity index (χ3n) is 4.34. The summed E-state index contributed by atoms with van der Waals surface area (Å²) in [4.78, 5) is 17.4. The third kappa shape index (κ3) is 4.46. The number of ether oxygens (including phenoxy) is 1. The third-order valence-corrected chi connectivity index (χ3v) is 4.98. The van der Waals surface area contributed by atoms with Gasteiger partial charge >= 0.3 is 0 Å². The van der Waals surface area contributed by atoms with Gasteiger partial charge in [0.05, 0.1) is 18.7 Å². The molecule has 1 aromatic carbocycles. The lowest BCUT2D eigenvalue weighted by atomic mass is 10.00. The second-order valence-corrected chi connectivity index (χ2v) is 7.39. The van der Waals surface area contributed by atoms with Crippen molar-refractivity contribution in [1.29, 1.82) is 0 Å². The van der Waals surface area contributed by atoms with Crippen molar-refractivity contribution in [3.8, 4) is 0 Å². The van der Waals surface area contributed by atoms with Crippen LogP contribution in [-0.4, -0.2) is 52.4 Å². The number of thioether (sulfide) groups is 1. The van der Waals surface area contributed by atoms with Crippen LogP contribution in [0.15, 0.2) is 35.4 Å². The van der Waals surface area contributed by atoms with Crippen LogP contribution in [0.5, 0.6) is 0 Å². The fraction of sp³-hybridized carbons (Fsp3) is 0.588. The highest BCUT2D eigenvalue weighted by atomic mass is 32.2. The Morgan fingerprint density at radius 1 is 1.52 bits per heavy atom. The van der Waals surface area contributed by atoms with Gasteiger partial charge in [0.15, 0.2) is 0 Å². The summed E-state index contributed by atoms with van der Waals surface area (Å²) in [6.07, 6.45) is 1.33. The number of carbonyl (C=O) groups excluding carboxylic acids is 1. The number of azide groups is 1. The van der Waals surface area contributed by atoms with Crippen molar-refractivity contribution in [3.05, 3.63) is 46.3 Å². The van der Waals surface area contributed by atoms with E-state index in [2.05, 4.69) is 10.0 Å². The molecule has 0 spiro atoms. The number of hydrogen-bond acceptors (Lipinski definition) is 5. The van der Waals surface area contributed by atoms with Gasteiger partial charge in [-0.2, -0.15) is 11.8 Å². The monoisotopic (exact) mass is 364 g/mol. The Balaban J connectivity index is 2.27. The van der Waals surface area contributed by atoms with Crippen molar-refractivity contribution >= 4 is 17.7 Å². The first-order valence-corrected chi connectivity index (χ1v) is 9.55. The first kappa shape index (κ1) is 19.6. The van der Waals surface area contributed by atoms with Crippen LogP contribution in [-0.2, 0) is 9.53 Å². The van der Waals surface area contributed by atoms with E-state index in [1.807, 2.05) is 26.2 Å². The van der Waals surface area contributed by atoms with Gasteiger partial charge in [-0.1, -0.05) is 35.4 Å². The minimum Gasteiger partial charge on any atom is -0.382 e. The van der Waals surface area contributed by atoms with Gasteiger partial charge < -0.3 is 14.7 Å². The fourth-order valence-electron chi connectivity index (χ4n) is 3.09. The van der Waals surface area contributed by atoms with Gasteiger partial charge in [-0.05, 0) is 43.4 Å². The Labute approximate surface area is 152 Å². The van der Waals surface area contributed by atoms with Crippen molar-refractivity contribution < 1.29 is 14.6 Å². The van der Waals surface area contributed by atoms with Crippen LogP contribution >= 0.6 is 11.8 Å². The summed E-state index contributed by atoms with van der Waals surface area (Å²) in [5.74, 6) is 0.414. The Morgan fingerprint density at radius 3 is 2.80 bits per heavy atom. The molecule has 25 heavy (non-hydrogen) atoms. The summed E-state index contributed by atoms with van der Waals surface area (Å²) in [5, 5.41) is 14.3. The average Bonchev–Trinajstić information content (AvgIpc) is 2.91. The Hall–Kier alpha value is -1.73. The molecule has 2 rings (SSSR count). The summed E-state index contributed by atoms with van der Waals surface area (Å²) < 4.78 is 5.76. The standard InChI is InChI=1S/C17H24N4O3S/c1-17(2)21(13(11-24-17)9-10-25-3)16(23)15(22)14(19-20-18)12-7-5-4-6-8-12/h4-8,13-15,22H,9-11H2,1-3H3/t13-,14-,15-/m0/s1. The van der Waals surface area contributed by atoms with E-state index in [0.29, 0.717) is 12.2 Å². The van der Waals surface area contributed by atoms with E-state index in [4.69, 9.17) is 10.3 Å². The zero-order chi connectivity index (χ0) is 18.4. The maximum Gasteiger partial charge on any atom is 0.254 e. The van der Waals surface area contributed by atoms with E-state index in [0.717, 1.165) is 12.2 Å². The van der Waals surface area contributed by atoms with Crippen LogP contribution in [0.25, 0.3) is 10.4 Å². The van der Waals surface area contributed by atoms with Crippen LogP contribution in [0.1, 0.15) is 31.9 Å². The Kier molecular flexibility index (Phi) is 6.72. The maximum atomic E-state index is 13.0. The molecule has 1 fully saturated rings. The van der Waals surface area contributed by atoms with Crippen LogP contribution in [0.2, 0.25) is 0 Å². The smallest absolute Gasteiger partial charge is 0.254 e. The number of hydrogen-bond donors (Lipinski definition) is 1. The zero-order valence-corrected chi connectivity index (χ0v) is 15.5. The second-order valence-electron chi connectivity index (χ2n) is 6.41. The molecule has 1 aromatic rings. The lowest BCUT2D eigenvalue weighted by Crippen LogP contribution is -2.53. The molecule has 0 radical (unpaired) electrons. The predicted molar refractivity (Wildman–Crippen MR) is 98.0 cm³/mol. The highest BCUT2D eigenvalue weighted by Gasteiger charge is 2.46. The minimum atomic E-state index is -1.46. The van der Waals surface area contributed by atoms with Crippen LogP contribution in [0.4, 0.5) is 0 Å². The summed E-state index contributed by atoms with van der Waals surface area (Å²) in [6, 6.07) is 7.75. The summed E-state index contributed by atoms with van der Waals surface area (Å²) in [5.41, 5.74) is 8.65. The normalized spacial score (nSPS) is 21.4. The highest BCUT2D eigenvalue weighted by molar-refractivity contribution is 7.98. The van der Waals surface area contributed by atoms with Crippen LogP contribution < -0.4 is 0 Å². The van der Waals surface area contributed by atoms with E-state index in [-0.39, 0.29) is 6.04 Å². The molecule has 1 saturated heterocycles. The van der Waals surface area contributed by atoms with Gasteiger partial charge in [0.2, 0.25) is 0 Å². The first-order valence-electron chi connectivity index (χ1n) is 8.15. The quantitative estimate of drug-likeness (QED) is 0.456. The molecular weight excluding hydrogens is 340 g/mol. The Bertz CT molecular complexity index is 634.